The van der Waals surface area contributed by atoms with Crippen LogP contribution in [0, 0.1) is 17.6 Å². The third-order valence-electron chi connectivity index (χ3n) is 10.3. The minimum atomic E-state index is -5.04. The molecule has 2 saturated heterocycles. The first-order valence-electron chi connectivity index (χ1n) is 19.2. The molecule has 4 aromatic rings. The molecule has 15 nitrogen and oxygen atoms in total. The second-order valence-corrected chi connectivity index (χ2v) is 16.1. The molecule has 2 aliphatic rings. The lowest BCUT2D eigenvalue weighted by atomic mass is 9.95. The van der Waals surface area contributed by atoms with Crippen LogP contribution in [0.3, 0.4) is 0 Å². The predicted octanol–water partition coefficient (Wildman–Crippen LogP) is 5.96. The highest BCUT2D eigenvalue weighted by atomic mass is 35.5. The van der Waals surface area contributed by atoms with Gasteiger partial charge in [0.1, 0.15) is 5.60 Å². The number of hydrogen-bond acceptors (Lipinski definition) is 8. The number of nitrogens with zero attached hydrogens (tertiary/aromatic N) is 7. The molecule has 4 heterocycles. The Morgan fingerprint density at radius 3 is 2.11 bits per heavy atom. The SMILES string of the molecule is Cn1c(-c2ccc(-c3cn(CCC(N)=O)nc3C(F)(F)F)c(F)c2F)cnc1C(=O)Nc1ccc(C(=O)N2CCN(C(=O)C3CCN(C(=O)OC(C)(C)C)CC3)CC2)c(Cl)c1. The summed E-state index contributed by atoms with van der Waals surface area (Å²) in [6.07, 6.45) is -2.82. The van der Waals surface area contributed by atoms with Crippen molar-refractivity contribution in [2.24, 2.45) is 18.7 Å². The normalized spacial score (nSPS) is 15.2. The van der Waals surface area contributed by atoms with Gasteiger partial charge < -0.3 is 35.1 Å². The van der Waals surface area contributed by atoms with Crippen molar-refractivity contribution in [1.29, 1.82) is 0 Å². The number of carbonyl (C=O) groups is 5. The van der Waals surface area contributed by atoms with E-state index < -0.39 is 63.7 Å². The molecule has 3 N–H and O–H groups in total. The van der Waals surface area contributed by atoms with Crippen molar-refractivity contribution in [1.82, 2.24) is 34.0 Å². The molecule has 0 unspecified atom stereocenters. The van der Waals surface area contributed by atoms with E-state index in [1.165, 1.54) is 25.2 Å². The molecule has 0 spiro atoms. The van der Waals surface area contributed by atoms with Gasteiger partial charge in [0.05, 0.1) is 22.5 Å². The first kappa shape index (κ1) is 44.5. The van der Waals surface area contributed by atoms with Gasteiger partial charge in [0.15, 0.2) is 23.2 Å². The molecular weight excluding hydrogens is 833 g/mol. The number of piperidine rings is 1. The van der Waals surface area contributed by atoms with Gasteiger partial charge in [-0.05, 0) is 57.9 Å². The number of rotatable bonds is 9. The number of anilines is 1. The summed E-state index contributed by atoms with van der Waals surface area (Å²) in [7, 11) is 1.35. The molecule has 5 amide bonds. The monoisotopic (exact) mass is 875 g/mol. The maximum atomic E-state index is 15.6. The van der Waals surface area contributed by atoms with Crippen molar-refractivity contribution in [3.8, 4) is 22.4 Å². The third kappa shape index (κ3) is 9.95. The number of aryl methyl sites for hydroxylation is 1. The van der Waals surface area contributed by atoms with Crippen molar-refractivity contribution < 1.29 is 50.7 Å². The number of benzene rings is 2. The summed E-state index contributed by atoms with van der Waals surface area (Å²) in [4.78, 5) is 72.5. The van der Waals surface area contributed by atoms with E-state index in [9.17, 15) is 37.1 Å². The molecule has 326 valence electrons. The van der Waals surface area contributed by atoms with Crippen molar-refractivity contribution in [3.63, 3.8) is 0 Å². The summed E-state index contributed by atoms with van der Waals surface area (Å²) in [5.41, 5.74) is 1.35. The van der Waals surface area contributed by atoms with Crippen LogP contribution in [0.15, 0.2) is 42.7 Å². The summed E-state index contributed by atoms with van der Waals surface area (Å²) < 4.78 is 79.9. The molecule has 0 saturated carbocycles. The second-order valence-electron chi connectivity index (χ2n) is 15.7. The molecule has 2 aliphatic heterocycles. The fourth-order valence-corrected chi connectivity index (χ4v) is 7.40. The maximum Gasteiger partial charge on any atom is 0.435 e. The van der Waals surface area contributed by atoms with Gasteiger partial charge in [-0.15, -0.1) is 0 Å². The van der Waals surface area contributed by atoms with Crippen molar-refractivity contribution in [2.45, 2.75) is 58.4 Å². The molecule has 0 aliphatic carbocycles. The molecule has 2 fully saturated rings. The molecule has 2 aromatic carbocycles. The van der Waals surface area contributed by atoms with Gasteiger partial charge in [0, 0.05) is 93.8 Å². The Labute approximate surface area is 351 Å². The van der Waals surface area contributed by atoms with Crippen LogP contribution in [-0.2, 0) is 34.1 Å². The van der Waals surface area contributed by atoms with Crippen LogP contribution in [0.4, 0.5) is 32.4 Å². The van der Waals surface area contributed by atoms with Crippen LogP contribution in [0.1, 0.15) is 66.7 Å². The van der Waals surface area contributed by atoms with E-state index in [1.54, 1.807) is 35.5 Å². The number of imidazole rings is 1. The lowest BCUT2D eigenvalue weighted by molar-refractivity contribution is -0.141. The fourth-order valence-electron chi connectivity index (χ4n) is 7.14. The van der Waals surface area contributed by atoms with Gasteiger partial charge in [-0.25, -0.2) is 18.6 Å². The van der Waals surface area contributed by atoms with Gasteiger partial charge in [-0.2, -0.15) is 18.3 Å². The lowest BCUT2D eigenvalue weighted by Gasteiger charge is -2.38. The molecule has 0 radical (unpaired) electrons. The van der Waals surface area contributed by atoms with Crippen LogP contribution >= 0.6 is 11.6 Å². The zero-order valence-electron chi connectivity index (χ0n) is 33.6. The average molecular weight is 876 g/mol. The van der Waals surface area contributed by atoms with Crippen LogP contribution in [0.2, 0.25) is 5.02 Å². The van der Waals surface area contributed by atoms with Gasteiger partial charge in [0.2, 0.25) is 11.8 Å². The number of aromatic nitrogens is 4. The topological polar surface area (TPSA) is 178 Å². The number of hydrogen-bond donors (Lipinski definition) is 2. The Morgan fingerprint density at radius 1 is 0.885 bits per heavy atom. The fraction of sp³-hybridized carbons (Fsp3) is 0.425. The zero-order chi connectivity index (χ0) is 44.6. The first-order chi connectivity index (χ1) is 28.6. The van der Waals surface area contributed by atoms with Gasteiger partial charge >= 0.3 is 12.3 Å². The highest BCUT2D eigenvalue weighted by Crippen LogP contribution is 2.39. The Hall–Kier alpha value is -6.05. The number of alkyl halides is 3. The quantitative estimate of drug-likeness (QED) is 0.194. The van der Waals surface area contributed by atoms with Crippen molar-refractivity contribution in [2.75, 3.05) is 44.6 Å². The van der Waals surface area contributed by atoms with E-state index in [0.29, 0.717) is 39.0 Å². The highest BCUT2D eigenvalue weighted by molar-refractivity contribution is 6.34. The summed E-state index contributed by atoms with van der Waals surface area (Å²) in [5, 5.41) is 6.04. The minimum Gasteiger partial charge on any atom is -0.444 e. The Morgan fingerprint density at radius 2 is 1.51 bits per heavy atom. The molecular formula is C40H43ClF5N9O6. The molecule has 0 atom stereocenters. The Bertz CT molecular complexity index is 2360. The lowest BCUT2D eigenvalue weighted by Crippen LogP contribution is -2.53. The molecule has 21 heteroatoms. The second kappa shape index (κ2) is 17.5. The number of ether oxygens (including phenoxy) is 1. The smallest absolute Gasteiger partial charge is 0.435 e. The number of amides is 5. The first-order valence-corrected chi connectivity index (χ1v) is 19.6. The number of carbonyl (C=O) groups excluding carboxylic acids is 5. The third-order valence-corrected chi connectivity index (χ3v) is 10.6. The largest absolute Gasteiger partial charge is 0.444 e. The summed E-state index contributed by atoms with van der Waals surface area (Å²) >= 11 is 6.51. The maximum absolute atomic E-state index is 15.6. The van der Waals surface area contributed by atoms with E-state index in [1.807, 2.05) is 0 Å². The van der Waals surface area contributed by atoms with Gasteiger partial charge in [-0.1, -0.05) is 17.7 Å². The number of nitrogens with two attached hydrogens (primary N) is 1. The van der Waals surface area contributed by atoms with E-state index in [-0.39, 0.29) is 71.6 Å². The van der Waals surface area contributed by atoms with E-state index in [2.05, 4.69) is 15.4 Å². The van der Waals surface area contributed by atoms with E-state index in [4.69, 9.17) is 22.1 Å². The number of likely N-dealkylation sites (tertiary alicyclic amines) is 1. The van der Waals surface area contributed by atoms with Gasteiger partial charge in [0.25, 0.3) is 11.8 Å². The molecule has 61 heavy (non-hydrogen) atoms. The van der Waals surface area contributed by atoms with Crippen LogP contribution in [-0.4, -0.2) is 109 Å². The van der Waals surface area contributed by atoms with Crippen molar-refractivity contribution in [3.05, 3.63) is 76.5 Å². The molecule has 6 rings (SSSR count). The highest BCUT2D eigenvalue weighted by Gasteiger charge is 2.39. The minimum absolute atomic E-state index is 0.0213. The predicted molar refractivity (Wildman–Crippen MR) is 211 cm³/mol. The molecule has 0 bridgehead atoms. The van der Waals surface area contributed by atoms with Crippen molar-refractivity contribution >= 4 is 47.0 Å². The Kier molecular flexibility index (Phi) is 12.8. The molecule has 2 aromatic heterocycles. The summed E-state index contributed by atoms with van der Waals surface area (Å²) in [6.45, 7) is 7.06. The summed E-state index contributed by atoms with van der Waals surface area (Å²) in [6, 6.07) is 6.23. The van der Waals surface area contributed by atoms with Crippen LogP contribution in [0.25, 0.3) is 22.4 Å². The zero-order valence-corrected chi connectivity index (χ0v) is 34.4. The number of nitrogens with one attached hydrogen (secondary N) is 1. The number of halogens is 6. The standard InChI is InChI=1S/C40H43ClF5N9O6/c1-39(2,3)61-38(60)54-12-9-22(10-13-54)36(58)52-15-17-53(18-16-52)37(59)25-6-5-23(19-28(25)41)49-35(57)34-48-20-29(51(34)4)26-8-7-24(31(42)32(26)43)27-21-55(14-11-30(47)56)50-33(27)40(44,45)46/h5-8,19-22H,9-18H2,1-4H3,(H2,47,56)(H,49,57). The van der Waals surface area contributed by atoms with Crippen LogP contribution in [0.5, 0.6) is 0 Å². The van der Waals surface area contributed by atoms with E-state index in [0.717, 1.165) is 33.8 Å². The Balaban J connectivity index is 1.07. The number of piperazine rings is 1. The average Bonchev–Trinajstić information content (AvgIpc) is 3.81. The number of primary amides is 1. The van der Waals surface area contributed by atoms with Crippen LogP contribution < -0.4 is 11.1 Å². The van der Waals surface area contributed by atoms with Gasteiger partial charge in [-0.3, -0.25) is 23.9 Å². The summed E-state index contributed by atoms with van der Waals surface area (Å²) in [5.74, 6) is -5.58. The van der Waals surface area contributed by atoms with E-state index >= 15 is 8.78 Å².